The number of rotatable bonds is 1. The minimum atomic E-state index is -1.44. The van der Waals surface area contributed by atoms with Crippen LogP contribution >= 0.6 is 11.3 Å². The van der Waals surface area contributed by atoms with Crippen molar-refractivity contribution in [2.75, 3.05) is 5.73 Å². The Labute approximate surface area is 85.9 Å². The molecule has 2 rings (SSSR count). The van der Waals surface area contributed by atoms with Gasteiger partial charge in [0.1, 0.15) is 0 Å². The van der Waals surface area contributed by atoms with Crippen LogP contribution in [0.2, 0.25) is 0 Å². The van der Waals surface area contributed by atoms with E-state index in [1.54, 1.807) is 12.1 Å². The zero-order valence-electron chi connectivity index (χ0n) is 7.69. The summed E-state index contributed by atoms with van der Waals surface area (Å²) < 4.78 is 1.02. The second-order valence-electron chi connectivity index (χ2n) is 3.24. The van der Waals surface area contributed by atoms with E-state index in [0.29, 0.717) is 10.5 Å². The van der Waals surface area contributed by atoms with Crippen molar-refractivity contribution in [3.63, 3.8) is 0 Å². The first-order valence-electron chi connectivity index (χ1n) is 4.24. The van der Waals surface area contributed by atoms with E-state index in [2.05, 4.69) is 0 Å². The third kappa shape index (κ3) is 1.39. The second kappa shape index (κ2) is 3.27. The van der Waals surface area contributed by atoms with Gasteiger partial charge in [0.05, 0.1) is 5.00 Å². The molecule has 1 aromatic heterocycles. The first-order valence-corrected chi connectivity index (χ1v) is 5.06. The largest absolute Gasteiger partial charge is 0.489 e. The Morgan fingerprint density at radius 2 is 2.07 bits per heavy atom. The van der Waals surface area contributed by atoms with E-state index in [4.69, 9.17) is 15.8 Å². The smallest absolute Gasteiger partial charge is 0.423 e. The van der Waals surface area contributed by atoms with Crippen LogP contribution in [-0.2, 0) is 0 Å². The molecule has 3 nitrogen and oxygen atoms in total. The zero-order chi connectivity index (χ0) is 10.3. The summed E-state index contributed by atoms with van der Waals surface area (Å²) in [5.41, 5.74) is 7.30. The fraction of sp³-hybridized carbons (Fsp3) is 0.111. The molecule has 0 unspecified atom stereocenters. The number of hydrogen-bond donors (Lipinski definition) is 3. The maximum atomic E-state index is 9.14. The van der Waals surface area contributed by atoms with Crippen LogP contribution in [-0.4, -0.2) is 17.2 Å². The third-order valence-electron chi connectivity index (χ3n) is 2.21. The molecule has 4 N–H and O–H groups in total. The SMILES string of the molecule is Cc1ccc(B(O)O)c2cc(N)sc12. The average Bonchev–Trinajstić information content (AvgIpc) is 2.47. The first-order chi connectivity index (χ1) is 6.59. The standard InChI is InChI=1S/C9H10BNO2S/c1-5-2-3-7(10(12)13)6-4-8(11)14-9(5)6/h2-4,12-13H,11H2,1H3. The number of anilines is 1. The highest BCUT2D eigenvalue weighted by molar-refractivity contribution is 7.23. The van der Waals surface area contributed by atoms with Crippen LogP contribution in [0.4, 0.5) is 5.00 Å². The van der Waals surface area contributed by atoms with Crippen molar-refractivity contribution in [1.82, 2.24) is 0 Å². The average molecular weight is 207 g/mol. The molecular formula is C9H10BNO2S. The molecule has 72 valence electrons. The Morgan fingerprint density at radius 3 is 2.71 bits per heavy atom. The summed E-state index contributed by atoms with van der Waals surface area (Å²) in [4.78, 5) is 0. The fourth-order valence-electron chi connectivity index (χ4n) is 1.52. The van der Waals surface area contributed by atoms with Crippen LogP contribution in [0.3, 0.4) is 0 Å². The van der Waals surface area contributed by atoms with Crippen LogP contribution in [0.5, 0.6) is 0 Å². The van der Waals surface area contributed by atoms with Gasteiger partial charge in [-0.05, 0) is 29.4 Å². The van der Waals surface area contributed by atoms with Gasteiger partial charge in [-0.2, -0.15) is 0 Å². The minimum absolute atomic E-state index is 0.513. The lowest BCUT2D eigenvalue weighted by Gasteiger charge is -2.02. The van der Waals surface area contributed by atoms with Gasteiger partial charge in [0.25, 0.3) is 0 Å². The summed E-state index contributed by atoms with van der Waals surface area (Å²) in [5, 5.41) is 19.8. The number of thiophene rings is 1. The van der Waals surface area contributed by atoms with Gasteiger partial charge in [-0.3, -0.25) is 0 Å². The van der Waals surface area contributed by atoms with E-state index < -0.39 is 7.12 Å². The normalized spacial score (nSPS) is 10.8. The number of fused-ring (bicyclic) bond motifs is 1. The van der Waals surface area contributed by atoms with Gasteiger partial charge in [-0.1, -0.05) is 12.1 Å². The zero-order valence-corrected chi connectivity index (χ0v) is 8.51. The Morgan fingerprint density at radius 1 is 1.36 bits per heavy atom. The number of nitrogen functional groups attached to an aromatic ring is 1. The summed E-state index contributed by atoms with van der Waals surface area (Å²) in [6, 6.07) is 5.36. The van der Waals surface area contributed by atoms with Crippen molar-refractivity contribution >= 4 is 39.0 Å². The van der Waals surface area contributed by atoms with E-state index in [-0.39, 0.29) is 0 Å². The summed E-state index contributed by atoms with van der Waals surface area (Å²) in [6.07, 6.45) is 0. The topological polar surface area (TPSA) is 66.5 Å². The Balaban J connectivity index is 2.81. The van der Waals surface area contributed by atoms with Crippen molar-refractivity contribution in [1.29, 1.82) is 0 Å². The van der Waals surface area contributed by atoms with E-state index in [0.717, 1.165) is 15.6 Å². The van der Waals surface area contributed by atoms with Gasteiger partial charge in [0.15, 0.2) is 0 Å². The molecule has 2 aromatic rings. The van der Waals surface area contributed by atoms with Gasteiger partial charge in [-0.15, -0.1) is 11.3 Å². The molecule has 0 bridgehead atoms. The molecule has 0 saturated heterocycles. The molecule has 0 aliphatic rings. The molecule has 0 aliphatic carbocycles. The lowest BCUT2D eigenvalue weighted by Crippen LogP contribution is -2.30. The lowest BCUT2D eigenvalue weighted by atomic mass is 9.78. The molecular weight excluding hydrogens is 197 g/mol. The second-order valence-corrected chi connectivity index (χ2v) is 4.32. The third-order valence-corrected chi connectivity index (χ3v) is 3.31. The Kier molecular flexibility index (Phi) is 2.22. The number of benzene rings is 1. The van der Waals surface area contributed by atoms with Crippen molar-refractivity contribution in [3.8, 4) is 0 Å². The monoisotopic (exact) mass is 207 g/mol. The number of nitrogens with two attached hydrogens (primary N) is 1. The molecule has 0 fully saturated rings. The van der Waals surface area contributed by atoms with Gasteiger partial charge >= 0.3 is 7.12 Å². The van der Waals surface area contributed by atoms with Crippen LogP contribution in [0, 0.1) is 6.92 Å². The van der Waals surface area contributed by atoms with Crippen molar-refractivity contribution in [2.24, 2.45) is 0 Å². The van der Waals surface area contributed by atoms with Gasteiger partial charge < -0.3 is 15.8 Å². The minimum Gasteiger partial charge on any atom is -0.423 e. The summed E-state index contributed by atoms with van der Waals surface area (Å²) in [6.45, 7) is 1.98. The summed E-state index contributed by atoms with van der Waals surface area (Å²) in [7, 11) is -1.44. The lowest BCUT2D eigenvalue weighted by molar-refractivity contribution is 0.426. The maximum absolute atomic E-state index is 9.14. The molecule has 1 heterocycles. The van der Waals surface area contributed by atoms with Crippen LogP contribution in [0.15, 0.2) is 18.2 Å². The predicted molar refractivity (Wildman–Crippen MR) is 60.8 cm³/mol. The van der Waals surface area contributed by atoms with E-state index in [1.165, 1.54) is 11.3 Å². The van der Waals surface area contributed by atoms with Crippen molar-refractivity contribution in [2.45, 2.75) is 6.92 Å². The maximum Gasteiger partial charge on any atom is 0.489 e. The quantitative estimate of drug-likeness (QED) is 0.595. The summed E-state index contributed by atoms with van der Waals surface area (Å²) >= 11 is 1.47. The van der Waals surface area contributed by atoms with Crippen LogP contribution in [0.25, 0.3) is 10.1 Å². The molecule has 0 spiro atoms. The van der Waals surface area contributed by atoms with E-state index in [9.17, 15) is 0 Å². The van der Waals surface area contributed by atoms with Gasteiger partial charge in [0.2, 0.25) is 0 Å². The van der Waals surface area contributed by atoms with E-state index >= 15 is 0 Å². The molecule has 5 heteroatoms. The van der Waals surface area contributed by atoms with Crippen molar-refractivity contribution in [3.05, 3.63) is 23.8 Å². The van der Waals surface area contributed by atoms with Gasteiger partial charge in [-0.25, -0.2) is 0 Å². The highest BCUT2D eigenvalue weighted by Gasteiger charge is 2.16. The molecule has 1 aromatic carbocycles. The highest BCUT2D eigenvalue weighted by atomic mass is 32.1. The highest BCUT2D eigenvalue weighted by Crippen LogP contribution is 2.28. The number of aryl methyl sites for hydroxylation is 1. The molecule has 0 saturated carbocycles. The summed E-state index contributed by atoms with van der Waals surface area (Å²) in [5.74, 6) is 0. The van der Waals surface area contributed by atoms with Crippen LogP contribution in [0.1, 0.15) is 5.56 Å². The fourth-order valence-corrected chi connectivity index (χ4v) is 2.45. The Hall–Kier alpha value is -1.04. The molecule has 0 amide bonds. The van der Waals surface area contributed by atoms with E-state index in [1.807, 2.05) is 13.0 Å². The predicted octanol–water partition coefficient (Wildman–Crippen LogP) is 0.472. The molecule has 0 aliphatic heterocycles. The number of hydrogen-bond acceptors (Lipinski definition) is 4. The Bertz CT molecular complexity index is 481. The van der Waals surface area contributed by atoms with Gasteiger partial charge in [0, 0.05) is 4.70 Å². The molecule has 0 radical (unpaired) electrons. The molecule has 0 atom stereocenters. The van der Waals surface area contributed by atoms with Crippen molar-refractivity contribution < 1.29 is 10.0 Å². The molecule has 14 heavy (non-hydrogen) atoms. The van der Waals surface area contributed by atoms with Crippen LogP contribution < -0.4 is 11.2 Å². The first kappa shape index (κ1) is 9.52.